The first kappa shape index (κ1) is 14.1. The normalized spacial score (nSPS) is 17.0. The number of furan rings is 1. The Bertz CT molecular complexity index is 894. The van der Waals surface area contributed by atoms with E-state index in [1.165, 1.54) is 5.56 Å². The number of benzene rings is 2. The molecule has 3 heteroatoms. The molecule has 0 N–H and O–H groups in total. The third-order valence-electron chi connectivity index (χ3n) is 4.81. The Balaban J connectivity index is 1.81. The lowest BCUT2D eigenvalue weighted by Gasteiger charge is -2.11. The molecule has 0 radical (unpaired) electrons. The molecule has 2 heterocycles. The summed E-state index contributed by atoms with van der Waals surface area (Å²) in [6, 6.07) is 16.2. The van der Waals surface area contributed by atoms with E-state index in [2.05, 4.69) is 19.1 Å². The van der Waals surface area contributed by atoms with Crippen molar-refractivity contribution in [1.29, 1.82) is 0 Å². The van der Waals surface area contributed by atoms with E-state index < -0.39 is 0 Å². The molecule has 0 aliphatic carbocycles. The van der Waals surface area contributed by atoms with Gasteiger partial charge in [-0.15, -0.1) is 0 Å². The van der Waals surface area contributed by atoms with Crippen LogP contribution in [0.25, 0.3) is 11.0 Å². The molecule has 1 atom stereocenters. The summed E-state index contributed by atoms with van der Waals surface area (Å²) in [7, 11) is 1.86. The van der Waals surface area contributed by atoms with E-state index in [4.69, 9.17) is 4.42 Å². The summed E-state index contributed by atoms with van der Waals surface area (Å²) in [6.07, 6.45) is 1.53. The Kier molecular flexibility index (Phi) is 3.22. The maximum Gasteiger partial charge on any atom is 0.234 e. The van der Waals surface area contributed by atoms with Gasteiger partial charge in [0.05, 0.1) is 5.92 Å². The number of rotatable bonds is 3. The zero-order valence-electron chi connectivity index (χ0n) is 13.4. The summed E-state index contributed by atoms with van der Waals surface area (Å²) in [5.74, 6) is 1.03. The predicted octanol–water partition coefficient (Wildman–Crippen LogP) is 4.30. The first-order valence-corrected chi connectivity index (χ1v) is 8.06. The van der Waals surface area contributed by atoms with Crippen molar-refractivity contribution in [1.82, 2.24) is 0 Å². The third-order valence-corrected chi connectivity index (χ3v) is 4.81. The molecular weight excluding hydrogens is 286 g/mol. The van der Waals surface area contributed by atoms with Crippen LogP contribution in [0.3, 0.4) is 0 Å². The maximum atomic E-state index is 12.7. The molecule has 0 bridgehead atoms. The molecule has 0 fully saturated rings. The number of hydrogen-bond acceptors (Lipinski definition) is 2. The zero-order valence-corrected chi connectivity index (χ0v) is 13.4. The summed E-state index contributed by atoms with van der Waals surface area (Å²) in [4.78, 5) is 14.5. The summed E-state index contributed by atoms with van der Waals surface area (Å²) in [6.45, 7) is 2.09. The number of amides is 1. The molecular formula is C20H19NO2. The summed E-state index contributed by atoms with van der Waals surface area (Å²) < 4.78 is 5.98. The van der Waals surface area contributed by atoms with Gasteiger partial charge in [-0.25, -0.2) is 0 Å². The van der Waals surface area contributed by atoms with Crippen LogP contribution in [0.15, 0.2) is 52.9 Å². The van der Waals surface area contributed by atoms with Crippen LogP contribution in [0.4, 0.5) is 5.69 Å². The molecule has 1 aromatic heterocycles. The fourth-order valence-electron chi connectivity index (χ4n) is 3.63. The van der Waals surface area contributed by atoms with Crippen molar-refractivity contribution in [2.45, 2.75) is 25.7 Å². The predicted molar refractivity (Wildman–Crippen MR) is 91.9 cm³/mol. The van der Waals surface area contributed by atoms with Crippen LogP contribution in [-0.4, -0.2) is 13.0 Å². The number of carbonyl (C=O) groups is 1. The Morgan fingerprint density at radius 1 is 1.09 bits per heavy atom. The van der Waals surface area contributed by atoms with E-state index in [1.54, 1.807) is 4.90 Å². The summed E-state index contributed by atoms with van der Waals surface area (Å²) in [5, 5.41) is 1.13. The highest BCUT2D eigenvalue weighted by Crippen LogP contribution is 2.40. The second-order valence-corrected chi connectivity index (χ2v) is 6.07. The van der Waals surface area contributed by atoms with Gasteiger partial charge in [0.15, 0.2) is 0 Å². The minimum Gasteiger partial charge on any atom is -0.461 e. The highest BCUT2D eigenvalue weighted by atomic mass is 16.3. The van der Waals surface area contributed by atoms with Crippen molar-refractivity contribution in [2.75, 3.05) is 11.9 Å². The number of para-hydroxylation sites is 2. The average molecular weight is 305 g/mol. The van der Waals surface area contributed by atoms with E-state index in [9.17, 15) is 4.79 Å². The molecule has 1 aliphatic heterocycles. The second-order valence-electron chi connectivity index (χ2n) is 6.07. The molecule has 116 valence electrons. The highest BCUT2D eigenvalue weighted by molar-refractivity contribution is 6.05. The molecule has 0 saturated heterocycles. The number of carbonyl (C=O) groups excluding carboxylic acids is 1. The molecule has 0 unspecified atom stereocenters. The number of fused-ring (bicyclic) bond motifs is 2. The molecule has 3 nitrogen and oxygen atoms in total. The molecule has 2 aromatic carbocycles. The SMILES string of the molecule is CCc1oc2ccccc2c1C[C@H]1C(=O)N(C)c2ccccc21. The Hall–Kier alpha value is -2.55. The average Bonchev–Trinajstić information content (AvgIpc) is 3.06. The van der Waals surface area contributed by atoms with Crippen LogP contribution in [0.1, 0.15) is 29.7 Å². The molecule has 23 heavy (non-hydrogen) atoms. The maximum absolute atomic E-state index is 12.7. The quantitative estimate of drug-likeness (QED) is 0.723. The van der Waals surface area contributed by atoms with Crippen molar-refractivity contribution in [2.24, 2.45) is 0 Å². The molecule has 0 spiro atoms. The topological polar surface area (TPSA) is 33.5 Å². The lowest BCUT2D eigenvalue weighted by molar-refractivity contribution is -0.119. The van der Waals surface area contributed by atoms with E-state index in [-0.39, 0.29) is 11.8 Å². The largest absolute Gasteiger partial charge is 0.461 e. The summed E-state index contributed by atoms with van der Waals surface area (Å²) >= 11 is 0. The van der Waals surface area contributed by atoms with E-state index >= 15 is 0 Å². The van der Waals surface area contributed by atoms with Crippen LogP contribution in [0.5, 0.6) is 0 Å². The molecule has 3 aromatic rings. The van der Waals surface area contributed by atoms with Crippen molar-refractivity contribution in [3.05, 3.63) is 65.4 Å². The number of anilines is 1. The van der Waals surface area contributed by atoms with Crippen LogP contribution in [0.2, 0.25) is 0 Å². The first-order valence-electron chi connectivity index (χ1n) is 8.06. The fraction of sp³-hybridized carbons (Fsp3) is 0.250. The van der Waals surface area contributed by atoms with Crippen molar-refractivity contribution < 1.29 is 9.21 Å². The smallest absolute Gasteiger partial charge is 0.234 e. The van der Waals surface area contributed by atoms with Gasteiger partial charge in [0, 0.05) is 30.1 Å². The van der Waals surface area contributed by atoms with Gasteiger partial charge >= 0.3 is 0 Å². The lowest BCUT2D eigenvalue weighted by atomic mass is 9.91. The van der Waals surface area contributed by atoms with Crippen molar-refractivity contribution in [3.63, 3.8) is 0 Å². The Morgan fingerprint density at radius 3 is 2.65 bits per heavy atom. The lowest BCUT2D eigenvalue weighted by Crippen LogP contribution is -2.25. The van der Waals surface area contributed by atoms with Gasteiger partial charge in [-0.2, -0.15) is 0 Å². The van der Waals surface area contributed by atoms with Crippen LogP contribution in [-0.2, 0) is 17.6 Å². The Labute approximate surface area is 135 Å². The van der Waals surface area contributed by atoms with Crippen molar-refractivity contribution in [3.8, 4) is 0 Å². The monoisotopic (exact) mass is 305 g/mol. The molecule has 1 aliphatic rings. The van der Waals surface area contributed by atoms with Crippen molar-refractivity contribution >= 4 is 22.6 Å². The van der Waals surface area contributed by atoms with E-state index in [0.29, 0.717) is 6.42 Å². The number of hydrogen-bond donors (Lipinski definition) is 0. The van der Waals surface area contributed by atoms with Crippen LogP contribution < -0.4 is 4.90 Å². The van der Waals surface area contributed by atoms with Crippen LogP contribution in [0, 0.1) is 0 Å². The molecule has 0 saturated carbocycles. The molecule has 1 amide bonds. The van der Waals surface area contributed by atoms with Gasteiger partial charge in [0.25, 0.3) is 0 Å². The van der Waals surface area contributed by atoms with Gasteiger partial charge in [-0.3, -0.25) is 4.79 Å². The van der Waals surface area contributed by atoms with Gasteiger partial charge in [-0.05, 0) is 24.1 Å². The second kappa shape index (κ2) is 5.27. The zero-order chi connectivity index (χ0) is 16.0. The minimum atomic E-state index is -0.123. The fourth-order valence-corrected chi connectivity index (χ4v) is 3.63. The number of nitrogens with zero attached hydrogens (tertiary/aromatic N) is 1. The van der Waals surface area contributed by atoms with E-state index in [1.807, 2.05) is 43.4 Å². The van der Waals surface area contributed by atoms with Gasteiger partial charge in [-0.1, -0.05) is 43.3 Å². The van der Waals surface area contributed by atoms with E-state index in [0.717, 1.165) is 34.4 Å². The first-order chi connectivity index (χ1) is 11.2. The van der Waals surface area contributed by atoms with Gasteiger partial charge in [0.1, 0.15) is 11.3 Å². The molecule has 4 rings (SSSR count). The third kappa shape index (κ3) is 2.07. The minimum absolute atomic E-state index is 0.123. The number of likely N-dealkylation sites (N-methyl/N-ethyl adjacent to an activating group) is 1. The standard InChI is InChI=1S/C20H19NO2/c1-3-18-15(14-9-5-7-11-19(14)23-18)12-16-13-8-4-6-10-17(13)21(2)20(16)22/h4-11,16H,3,12H2,1-2H3/t16-/m1/s1. The van der Waals surface area contributed by atoms with Gasteiger partial charge in [0.2, 0.25) is 5.91 Å². The Morgan fingerprint density at radius 2 is 1.83 bits per heavy atom. The van der Waals surface area contributed by atoms with Crippen LogP contribution >= 0.6 is 0 Å². The van der Waals surface area contributed by atoms with Gasteiger partial charge < -0.3 is 9.32 Å². The highest BCUT2D eigenvalue weighted by Gasteiger charge is 2.35. The summed E-state index contributed by atoms with van der Waals surface area (Å²) in [5.41, 5.74) is 4.22. The number of aryl methyl sites for hydroxylation is 1.